The molecule has 0 radical (unpaired) electrons. The molecule has 0 fully saturated rings. The fraction of sp³-hybridized carbons (Fsp3) is 0.278. The normalized spacial score (nSPS) is 15.3. The molecule has 134 valence electrons. The van der Waals surface area contributed by atoms with Crippen LogP contribution >= 0.6 is 0 Å². The number of hydrogen-bond donors (Lipinski definition) is 2. The monoisotopic (exact) mass is 363 g/mol. The Morgan fingerprint density at radius 3 is 2.04 bits per heavy atom. The molecule has 0 aliphatic heterocycles. The minimum atomic E-state index is -3.80. The standard InChI is InChI=1S/C18H21NO5S/c1-13(24-2)18(17(20)21,19-25(3,22)23)16-11-9-15(10-12-16)14-7-5-4-6-8-14/h4-13,19H,1-3H3,(H,20,21). The fourth-order valence-electron chi connectivity index (χ4n) is 2.74. The van der Waals surface area contributed by atoms with Gasteiger partial charge in [0.15, 0.2) is 5.54 Å². The van der Waals surface area contributed by atoms with Crippen LogP contribution in [-0.4, -0.2) is 39.0 Å². The molecule has 7 heteroatoms. The molecule has 0 amide bonds. The Kier molecular flexibility index (Phi) is 5.62. The highest BCUT2D eigenvalue weighted by Crippen LogP contribution is 2.30. The molecular formula is C18H21NO5S. The van der Waals surface area contributed by atoms with Crippen molar-refractivity contribution in [2.75, 3.05) is 13.4 Å². The summed E-state index contributed by atoms with van der Waals surface area (Å²) < 4.78 is 31.0. The second-order valence-electron chi connectivity index (χ2n) is 5.81. The third kappa shape index (κ3) is 4.07. The quantitative estimate of drug-likeness (QED) is 0.787. The molecule has 2 unspecified atom stereocenters. The highest BCUT2D eigenvalue weighted by Gasteiger charge is 2.48. The largest absolute Gasteiger partial charge is 0.480 e. The molecule has 6 nitrogen and oxygen atoms in total. The highest BCUT2D eigenvalue weighted by molar-refractivity contribution is 7.88. The molecule has 0 aliphatic rings. The molecule has 2 aromatic rings. The zero-order valence-electron chi connectivity index (χ0n) is 14.3. The van der Waals surface area contributed by atoms with E-state index in [0.717, 1.165) is 17.4 Å². The van der Waals surface area contributed by atoms with E-state index in [4.69, 9.17) is 4.74 Å². The SMILES string of the molecule is COC(C)C(NS(C)(=O)=O)(C(=O)O)c1ccc(-c2ccccc2)cc1. The van der Waals surface area contributed by atoms with Gasteiger partial charge in [0.25, 0.3) is 0 Å². The number of carboxylic acid groups (broad SMARTS) is 1. The molecule has 25 heavy (non-hydrogen) atoms. The molecule has 0 spiro atoms. The van der Waals surface area contributed by atoms with Gasteiger partial charge >= 0.3 is 5.97 Å². The Bertz CT molecular complexity index is 834. The van der Waals surface area contributed by atoms with E-state index in [9.17, 15) is 18.3 Å². The van der Waals surface area contributed by atoms with Crippen molar-refractivity contribution in [1.82, 2.24) is 4.72 Å². The summed E-state index contributed by atoms with van der Waals surface area (Å²) in [5.74, 6) is -1.33. The molecule has 0 saturated carbocycles. The van der Waals surface area contributed by atoms with Crippen LogP contribution in [0.15, 0.2) is 54.6 Å². The summed E-state index contributed by atoms with van der Waals surface area (Å²) in [5.41, 5.74) is 0.246. The van der Waals surface area contributed by atoms with Gasteiger partial charge in [-0.1, -0.05) is 54.6 Å². The lowest BCUT2D eigenvalue weighted by molar-refractivity contribution is -0.150. The van der Waals surface area contributed by atoms with Crippen LogP contribution in [0, 0.1) is 0 Å². The molecule has 2 rings (SSSR count). The summed E-state index contributed by atoms with van der Waals surface area (Å²) in [7, 11) is -2.47. The summed E-state index contributed by atoms with van der Waals surface area (Å²) in [6.07, 6.45) is -0.00639. The van der Waals surface area contributed by atoms with E-state index in [0.29, 0.717) is 5.56 Å². The van der Waals surface area contributed by atoms with E-state index in [2.05, 4.69) is 4.72 Å². The van der Waals surface area contributed by atoms with Crippen molar-refractivity contribution >= 4 is 16.0 Å². The molecular weight excluding hydrogens is 342 g/mol. The van der Waals surface area contributed by atoms with Gasteiger partial charge in [-0.05, 0) is 23.6 Å². The van der Waals surface area contributed by atoms with Gasteiger partial charge in [0.2, 0.25) is 10.0 Å². The van der Waals surface area contributed by atoms with E-state index in [1.54, 1.807) is 24.3 Å². The number of sulfonamides is 1. The number of methoxy groups -OCH3 is 1. The third-order valence-electron chi connectivity index (χ3n) is 4.09. The second-order valence-corrected chi connectivity index (χ2v) is 7.56. The summed E-state index contributed by atoms with van der Waals surface area (Å²) in [6.45, 7) is 1.51. The van der Waals surface area contributed by atoms with Gasteiger partial charge in [-0.15, -0.1) is 0 Å². The number of hydrogen-bond acceptors (Lipinski definition) is 4. The second kappa shape index (κ2) is 7.35. The van der Waals surface area contributed by atoms with Crippen molar-refractivity contribution in [2.45, 2.75) is 18.6 Å². The van der Waals surface area contributed by atoms with Gasteiger partial charge in [0.05, 0.1) is 12.4 Å². The maximum atomic E-state index is 12.0. The number of ether oxygens (including phenoxy) is 1. The molecule has 2 atom stereocenters. The van der Waals surface area contributed by atoms with Crippen molar-refractivity contribution in [3.05, 3.63) is 60.2 Å². The molecule has 0 aromatic heterocycles. The van der Waals surface area contributed by atoms with E-state index in [-0.39, 0.29) is 0 Å². The zero-order valence-corrected chi connectivity index (χ0v) is 15.1. The first-order valence-electron chi connectivity index (χ1n) is 7.62. The van der Waals surface area contributed by atoms with E-state index in [1.165, 1.54) is 14.0 Å². The van der Waals surface area contributed by atoms with Crippen molar-refractivity contribution < 1.29 is 23.1 Å². The molecule has 0 heterocycles. The molecule has 0 saturated heterocycles. The Labute approximate surface area is 147 Å². The first kappa shape index (κ1) is 19.1. The van der Waals surface area contributed by atoms with Crippen molar-refractivity contribution in [3.8, 4) is 11.1 Å². The Balaban J connectivity index is 2.56. The van der Waals surface area contributed by atoms with Crippen LogP contribution in [0.25, 0.3) is 11.1 Å². The predicted molar refractivity (Wildman–Crippen MR) is 95.6 cm³/mol. The number of carbonyl (C=O) groups is 1. The number of rotatable bonds is 7. The summed E-state index contributed by atoms with van der Waals surface area (Å²) in [5, 5.41) is 9.82. The maximum absolute atomic E-state index is 12.0. The van der Waals surface area contributed by atoms with E-state index < -0.39 is 27.6 Å². The van der Waals surface area contributed by atoms with Crippen molar-refractivity contribution in [3.63, 3.8) is 0 Å². The van der Waals surface area contributed by atoms with Crippen LogP contribution in [0.2, 0.25) is 0 Å². The lowest BCUT2D eigenvalue weighted by atomic mass is 9.85. The Morgan fingerprint density at radius 2 is 1.60 bits per heavy atom. The number of aliphatic carboxylic acids is 1. The first-order chi connectivity index (χ1) is 11.7. The average molecular weight is 363 g/mol. The molecule has 2 aromatic carbocycles. The van der Waals surface area contributed by atoms with Gasteiger partial charge in [-0.2, -0.15) is 4.72 Å². The zero-order chi connectivity index (χ0) is 18.7. The lowest BCUT2D eigenvalue weighted by Crippen LogP contribution is -2.58. The lowest BCUT2D eigenvalue weighted by Gasteiger charge is -2.34. The van der Waals surface area contributed by atoms with Gasteiger partial charge in [0, 0.05) is 7.11 Å². The van der Waals surface area contributed by atoms with Crippen LogP contribution in [0.3, 0.4) is 0 Å². The van der Waals surface area contributed by atoms with Crippen molar-refractivity contribution in [1.29, 1.82) is 0 Å². The molecule has 0 bridgehead atoms. The van der Waals surface area contributed by atoms with Crippen LogP contribution < -0.4 is 4.72 Å². The highest BCUT2D eigenvalue weighted by atomic mass is 32.2. The maximum Gasteiger partial charge on any atom is 0.332 e. The van der Waals surface area contributed by atoms with Gasteiger partial charge in [-0.25, -0.2) is 13.2 Å². The minimum Gasteiger partial charge on any atom is -0.480 e. The van der Waals surface area contributed by atoms with Gasteiger partial charge in [-0.3, -0.25) is 0 Å². The van der Waals surface area contributed by atoms with Crippen LogP contribution in [0.1, 0.15) is 12.5 Å². The number of benzene rings is 2. The average Bonchev–Trinajstić information content (AvgIpc) is 2.59. The van der Waals surface area contributed by atoms with Crippen LogP contribution in [-0.2, 0) is 25.1 Å². The van der Waals surface area contributed by atoms with Crippen LogP contribution in [0.4, 0.5) is 0 Å². The molecule has 0 aliphatic carbocycles. The fourth-order valence-corrected chi connectivity index (χ4v) is 3.70. The van der Waals surface area contributed by atoms with E-state index in [1.807, 2.05) is 30.3 Å². The number of carboxylic acids is 1. The number of nitrogens with one attached hydrogen (secondary N) is 1. The third-order valence-corrected chi connectivity index (χ3v) is 4.79. The Hall–Kier alpha value is -2.22. The molecule has 2 N–H and O–H groups in total. The minimum absolute atomic E-state index is 0.291. The van der Waals surface area contributed by atoms with Crippen molar-refractivity contribution in [2.24, 2.45) is 0 Å². The van der Waals surface area contributed by atoms with Gasteiger partial charge < -0.3 is 9.84 Å². The summed E-state index contributed by atoms with van der Waals surface area (Å²) in [6, 6.07) is 16.3. The topological polar surface area (TPSA) is 92.7 Å². The summed E-state index contributed by atoms with van der Waals surface area (Å²) in [4.78, 5) is 12.0. The smallest absolute Gasteiger partial charge is 0.332 e. The predicted octanol–water partition coefficient (Wildman–Crippen LogP) is 2.22. The van der Waals surface area contributed by atoms with E-state index >= 15 is 0 Å². The van der Waals surface area contributed by atoms with Crippen LogP contribution in [0.5, 0.6) is 0 Å². The first-order valence-corrected chi connectivity index (χ1v) is 9.51. The Morgan fingerprint density at radius 1 is 1.08 bits per heavy atom. The summed E-state index contributed by atoms with van der Waals surface area (Å²) >= 11 is 0. The van der Waals surface area contributed by atoms with Gasteiger partial charge in [0.1, 0.15) is 0 Å².